The quantitative estimate of drug-likeness (QED) is 0.732. The Balaban J connectivity index is 2.60. The second-order valence-corrected chi connectivity index (χ2v) is 3.55. The van der Waals surface area contributed by atoms with Crippen molar-refractivity contribution in [3.8, 4) is 0 Å². The van der Waals surface area contributed by atoms with Crippen molar-refractivity contribution in [2.75, 3.05) is 0 Å². The highest BCUT2D eigenvalue weighted by atomic mass is 19.1. The molecular formula is C12H14F2O. The van der Waals surface area contributed by atoms with Crippen LogP contribution in [0.15, 0.2) is 18.2 Å². The van der Waals surface area contributed by atoms with Crippen molar-refractivity contribution in [2.45, 2.75) is 32.6 Å². The first kappa shape index (κ1) is 11.8. The summed E-state index contributed by atoms with van der Waals surface area (Å²) in [6, 6.07) is 3.31. The molecule has 0 atom stereocenters. The fraction of sp³-hybridized carbons (Fsp3) is 0.417. The number of carbonyl (C=O) groups is 1. The molecule has 0 saturated carbocycles. The van der Waals surface area contributed by atoms with Gasteiger partial charge < -0.3 is 0 Å². The first-order valence-corrected chi connectivity index (χ1v) is 5.09. The van der Waals surface area contributed by atoms with E-state index in [9.17, 15) is 13.6 Å². The van der Waals surface area contributed by atoms with E-state index >= 15 is 0 Å². The molecule has 0 aliphatic heterocycles. The zero-order valence-electron chi connectivity index (χ0n) is 8.72. The van der Waals surface area contributed by atoms with E-state index in [2.05, 4.69) is 0 Å². The Morgan fingerprint density at radius 3 is 2.67 bits per heavy atom. The van der Waals surface area contributed by atoms with Crippen LogP contribution < -0.4 is 0 Å². The predicted octanol–water partition coefficient (Wildman–Crippen LogP) is 3.27. The van der Waals surface area contributed by atoms with Crippen molar-refractivity contribution in [3.63, 3.8) is 0 Å². The van der Waals surface area contributed by atoms with Crippen LogP contribution in [-0.4, -0.2) is 5.78 Å². The SMILES string of the molecule is CCCCC(=O)Cc1ccc(F)cc1F. The summed E-state index contributed by atoms with van der Waals surface area (Å²) in [7, 11) is 0. The third-order valence-corrected chi connectivity index (χ3v) is 2.21. The monoisotopic (exact) mass is 212 g/mol. The second-order valence-electron chi connectivity index (χ2n) is 3.55. The van der Waals surface area contributed by atoms with Gasteiger partial charge in [0, 0.05) is 18.9 Å². The van der Waals surface area contributed by atoms with E-state index < -0.39 is 11.6 Å². The lowest BCUT2D eigenvalue weighted by Crippen LogP contribution is -2.04. The number of ketones is 1. The van der Waals surface area contributed by atoms with Crippen LogP contribution in [0.1, 0.15) is 31.7 Å². The molecule has 0 N–H and O–H groups in total. The second kappa shape index (κ2) is 5.59. The van der Waals surface area contributed by atoms with Gasteiger partial charge in [-0.2, -0.15) is 0 Å². The third-order valence-electron chi connectivity index (χ3n) is 2.21. The molecule has 1 aromatic rings. The predicted molar refractivity (Wildman–Crippen MR) is 54.6 cm³/mol. The number of unbranched alkanes of at least 4 members (excludes halogenated alkanes) is 1. The maximum absolute atomic E-state index is 13.1. The van der Waals surface area contributed by atoms with E-state index in [-0.39, 0.29) is 17.8 Å². The van der Waals surface area contributed by atoms with Crippen molar-refractivity contribution >= 4 is 5.78 Å². The molecule has 0 spiro atoms. The zero-order valence-corrected chi connectivity index (χ0v) is 8.72. The van der Waals surface area contributed by atoms with E-state index in [4.69, 9.17) is 0 Å². The van der Waals surface area contributed by atoms with E-state index in [1.807, 2.05) is 6.92 Å². The zero-order chi connectivity index (χ0) is 11.3. The highest BCUT2D eigenvalue weighted by Crippen LogP contribution is 2.11. The minimum atomic E-state index is -0.639. The van der Waals surface area contributed by atoms with Crippen LogP contribution in [0.3, 0.4) is 0 Å². The van der Waals surface area contributed by atoms with Crippen molar-refractivity contribution < 1.29 is 13.6 Å². The van der Waals surface area contributed by atoms with Crippen molar-refractivity contribution in [1.29, 1.82) is 0 Å². The lowest BCUT2D eigenvalue weighted by molar-refractivity contribution is -0.118. The Hall–Kier alpha value is -1.25. The van der Waals surface area contributed by atoms with Crippen LogP contribution in [0.25, 0.3) is 0 Å². The van der Waals surface area contributed by atoms with Crippen molar-refractivity contribution in [2.24, 2.45) is 0 Å². The Kier molecular flexibility index (Phi) is 4.40. The van der Waals surface area contributed by atoms with E-state index in [0.717, 1.165) is 18.9 Å². The molecule has 0 bridgehead atoms. The number of hydrogen-bond acceptors (Lipinski definition) is 1. The van der Waals surface area contributed by atoms with Gasteiger partial charge in [-0.1, -0.05) is 19.4 Å². The summed E-state index contributed by atoms with van der Waals surface area (Å²) < 4.78 is 25.7. The highest BCUT2D eigenvalue weighted by Gasteiger charge is 2.08. The molecule has 3 heteroatoms. The summed E-state index contributed by atoms with van der Waals surface area (Å²) in [5.41, 5.74) is 0.275. The smallest absolute Gasteiger partial charge is 0.137 e. The number of benzene rings is 1. The summed E-state index contributed by atoms with van der Waals surface area (Å²) in [4.78, 5) is 11.3. The fourth-order valence-corrected chi connectivity index (χ4v) is 1.34. The highest BCUT2D eigenvalue weighted by molar-refractivity contribution is 5.80. The molecule has 0 radical (unpaired) electrons. The van der Waals surface area contributed by atoms with Crippen LogP contribution in [0.5, 0.6) is 0 Å². The van der Waals surface area contributed by atoms with Crippen molar-refractivity contribution in [1.82, 2.24) is 0 Å². The minimum absolute atomic E-state index is 0.00218. The summed E-state index contributed by atoms with van der Waals surface area (Å²) in [5.74, 6) is -1.25. The average Bonchev–Trinajstić information content (AvgIpc) is 2.19. The van der Waals surface area contributed by atoms with E-state index in [1.165, 1.54) is 12.1 Å². The molecule has 15 heavy (non-hydrogen) atoms. The minimum Gasteiger partial charge on any atom is -0.299 e. The largest absolute Gasteiger partial charge is 0.299 e. The number of halogens is 2. The van der Waals surface area contributed by atoms with Crippen molar-refractivity contribution in [3.05, 3.63) is 35.4 Å². The van der Waals surface area contributed by atoms with Gasteiger partial charge in [-0.25, -0.2) is 8.78 Å². The molecule has 0 heterocycles. The molecule has 1 nitrogen and oxygen atoms in total. The number of rotatable bonds is 5. The lowest BCUT2D eigenvalue weighted by atomic mass is 10.0. The third kappa shape index (κ3) is 3.78. The molecule has 0 aliphatic rings. The molecule has 0 fully saturated rings. The summed E-state index contributed by atoms with van der Waals surface area (Å²) >= 11 is 0. The molecule has 0 aliphatic carbocycles. The maximum Gasteiger partial charge on any atom is 0.137 e. The van der Waals surface area contributed by atoms with Crippen LogP contribution in [0, 0.1) is 11.6 Å². The summed E-state index contributed by atoms with van der Waals surface area (Å²) in [6.45, 7) is 1.99. The van der Waals surface area contributed by atoms with E-state index in [0.29, 0.717) is 6.42 Å². The van der Waals surface area contributed by atoms with Gasteiger partial charge in [0.05, 0.1) is 0 Å². The fourth-order valence-electron chi connectivity index (χ4n) is 1.34. The Morgan fingerprint density at radius 1 is 1.33 bits per heavy atom. The van der Waals surface area contributed by atoms with Crippen LogP contribution in [-0.2, 0) is 11.2 Å². The van der Waals surface area contributed by atoms with Gasteiger partial charge in [-0.05, 0) is 18.1 Å². The van der Waals surface area contributed by atoms with Gasteiger partial charge >= 0.3 is 0 Å². The molecule has 0 aromatic heterocycles. The van der Waals surface area contributed by atoms with Gasteiger partial charge in [0.1, 0.15) is 17.4 Å². The lowest BCUT2D eigenvalue weighted by Gasteiger charge is -2.02. The Morgan fingerprint density at radius 2 is 2.07 bits per heavy atom. The summed E-state index contributed by atoms with van der Waals surface area (Å²) in [6.07, 6.45) is 2.29. The van der Waals surface area contributed by atoms with Gasteiger partial charge in [0.2, 0.25) is 0 Å². The topological polar surface area (TPSA) is 17.1 Å². The standard InChI is InChI=1S/C12H14F2O/c1-2-3-4-11(15)7-9-5-6-10(13)8-12(9)14/h5-6,8H,2-4,7H2,1H3. The molecular weight excluding hydrogens is 198 g/mol. The molecule has 82 valence electrons. The molecule has 0 saturated heterocycles. The van der Waals surface area contributed by atoms with Gasteiger partial charge in [-0.15, -0.1) is 0 Å². The Bertz CT molecular complexity index is 347. The number of carbonyl (C=O) groups excluding carboxylic acids is 1. The first-order chi connectivity index (χ1) is 7.13. The van der Waals surface area contributed by atoms with Gasteiger partial charge in [-0.3, -0.25) is 4.79 Å². The summed E-state index contributed by atoms with van der Waals surface area (Å²) in [5, 5.41) is 0. The van der Waals surface area contributed by atoms with Gasteiger partial charge in [0.25, 0.3) is 0 Å². The maximum atomic E-state index is 13.1. The Labute approximate surface area is 88.1 Å². The normalized spacial score (nSPS) is 10.3. The molecule has 0 amide bonds. The average molecular weight is 212 g/mol. The van der Waals surface area contributed by atoms with Gasteiger partial charge in [0.15, 0.2) is 0 Å². The number of Topliss-reactive ketones (excluding diaryl/α,β-unsaturated/α-hetero) is 1. The van der Waals surface area contributed by atoms with E-state index in [1.54, 1.807) is 0 Å². The van der Waals surface area contributed by atoms with Crippen LogP contribution in [0.2, 0.25) is 0 Å². The van der Waals surface area contributed by atoms with Crippen LogP contribution in [0.4, 0.5) is 8.78 Å². The molecule has 0 unspecified atom stereocenters. The molecule has 1 aromatic carbocycles. The molecule has 1 rings (SSSR count). The first-order valence-electron chi connectivity index (χ1n) is 5.09. The number of hydrogen-bond donors (Lipinski definition) is 0. The van der Waals surface area contributed by atoms with Crippen LogP contribution >= 0.6 is 0 Å².